The van der Waals surface area contributed by atoms with Gasteiger partial charge in [-0.1, -0.05) is 47.5 Å². The number of rotatable bonds is 11. The van der Waals surface area contributed by atoms with E-state index in [1.165, 1.54) is 54.3 Å². The number of hydrogen-bond donors (Lipinski definition) is 1. The summed E-state index contributed by atoms with van der Waals surface area (Å²) in [6.07, 6.45) is 0. The number of nitrogens with one attached hydrogen (secondary N) is 1. The third kappa shape index (κ3) is 7.50. The maximum atomic E-state index is 13.9. The number of anilines is 1. The Labute approximate surface area is 242 Å². The van der Waals surface area contributed by atoms with E-state index >= 15 is 0 Å². The van der Waals surface area contributed by atoms with Gasteiger partial charge in [-0.15, -0.1) is 0 Å². The number of carbonyl (C=O) groups excluding carboxylic acids is 2. The molecule has 1 unspecified atom stereocenters. The van der Waals surface area contributed by atoms with Gasteiger partial charge in [-0.3, -0.25) is 24.0 Å². The lowest BCUT2D eigenvalue weighted by Crippen LogP contribution is -2.52. The van der Waals surface area contributed by atoms with E-state index in [0.717, 1.165) is 16.4 Å². The normalized spacial score (nSPS) is 12.1. The first-order valence-electron chi connectivity index (χ1n) is 12.2. The lowest BCUT2D eigenvalue weighted by atomic mass is 10.1. The van der Waals surface area contributed by atoms with Crippen LogP contribution in [0.15, 0.2) is 77.7 Å². The fraction of sp³-hybridized carbons (Fsp3) is 0.259. The number of hydrogen-bond acceptors (Lipinski definition) is 6. The van der Waals surface area contributed by atoms with Crippen LogP contribution in [0.2, 0.25) is 10.0 Å². The Morgan fingerprint density at radius 3 is 2.15 bits per heavy atom. The quantitative estimate of drug-likeness (QED) is 0.240. The first-order chi connectivity index (χ1) is 18.8. The number of halogens is 2. The van der Waals surface area contributed by atoms with Crippen LogP contribution >= 0.6 is 23.2 Å². The van der Waals surface area contributed by atoms with E-state index in [2.05, 4.69) is 5.32 Å². The second-order valence-electron chi connectivity index (χ2n) is 9.19. The van der Waals surface area contributed by atoms with Gasteiger partial charge in [0.2, 0.25) is 11.8 Å². The summed E-state index contributed by atoms with van der Waals surface area (Å²) in [5.74, 6) is -1.14. The number of carbonyl (C=O) groups is 2. The molecule has 1 N–H and O–H groups in total. The number of sulfonamides is 1. The van der Waals surface area contributed by atoms with Crippen LogP contribution in [-0.4, -0.2) is 48.7 Å². The van der Waals surface area contributed by atoms with Crippen LogP contribution in [0.4, 0.5) is 11.4 Å². The SMILES string of the molecule is CC(C)NC(=O)C(C)N(Cc1ccc(Cl)cc1Cl)C(=O)CN(c1ccc([N+](=O)[O-])cc1)S(=O)(=O)c1ccccc1. The van der Waals surface area contributed by atoms with Gasteiger partial charge < -0.3 is 10.2 Å². The van der Waals surface area contributed by atoms with Crippen LogP contribution in [0, 0.1) is 10.1 Å². The van der Waals surface area contributed by atoms with Crippen molar-refractivity contribution in [3.8, 4) is 0 Å². The summed E-state index contributed by atoms with van der Waals surface area (Å²) >= 11 is 12.4. The molecule has 10 nitrogen and oxygen atoms in total. The lowest BCUT2D eigenvalue weighted by Gasteiger charge is -2.32. The Morgan fingerprint density at radius 2 is 1.60 bits per heavy atom. The molecule has 0 aliphatic carbocycles. The molecular formula is C27H28Cl2N4O6S. The van der Waals surface area contributed by atoms with Crippen molar-refractivity contribution in [3.63, 3.8) is 0 Å². The fourth-order valence-corrected chi connectivity index (χ4v) is 5.71. The molecule has 1 atom stereocenters. The van der Waals surface area contributed by atoms with Crippen LogP contribution in [0.1, 0.15) is 26.3 Å². The first kappa shape index (κ1) is 30.9. The van der Waals surface area contributed by atoms with Crippen LogP contribution in [0.25, 0.3) is 0 Å². The highest BCUT2D eigenvalue weighted by Crippen LogP contribution is 2.27. The highest BCUT2D eigenvalue weighted by Gasteiger charge is 2.33. The fourth-order valence-electron chi connectivity index (χ4n) is 3.81. The van der Waals surface area contributed by atoms with E-state index < -0.39 is 39.3 Å². The van der Waals surface area contributed by atoms with Crippen molar-refractivity contribution in [1.82, 2.24) is 10.2 Å². The molecule has 40 heavy (non-hydrogen) atoms. The number of nitro benzene ring substituents is 1. The summed E-state index contributed by atoms with van der Waals surface area (Å²) in [6.45, 7) is 4.27. The van der Waals surface area contributed by atoms with Crippen molar-refractivity contribution in [1.29, 1.82) is 0 Å². The Hall–Kier alpha value is -3.67. The molecule has 0 saturated carbocycles. The molecule has 13 heteroatoms. The average molecular weight is 608 g/mol. The van der Waals surface area contributed by atoms with Gasteiger partial charge >= 0.3 is 0 Å². The zero-order chi connectivity index (χ0) is 29.6. The van der Waals surface area contributed by atoms with Crippen LogP contribution < -0.4 is 9.62 Å². The summed E-state index contributed by atoms with van der Waals surface area (Å²) in [6, 6.07) is 15.8. The third-order valence-electron chi connectivity index (χ3n) is 5.91. The molecule has 3 aromatic carbocycles. The Balaban J connectivity index is 2.06. The van der Waals surface area contributed by atoms with E-state index in [0.29, 0.717) is 10.6 Å². The zero-order valence-electron chi connectivity index (χ0n) is 22.0. The van der Waals surface area contributed by atoms with Gasteiger partial charge in [0, 0.05) is 34.8 Å². The molecule has 0 aliphatic heterocycles. The molecule has 0 aromatic heterocycles. The van der Waals surface area contributed by atoms with Gasteiger partial charge in [-0.25, -0.2) is 8.42 Å². The molecule has 0 saturated heterocycles. The highest BCUT2D eigenvalue weighted by molar-refractivity contribution is 7.92. The predicted octanol–water partition coefficient (Wildman–Crippen LogP) is 5.04. The second-order valence-corrected chi connectivity index (χ2v) is 11.9. The van der Waals surface area contributed by atoms with Crippen molar-refractivity contribution in [2.24, 2.45) is 0 Å². The lowest BCUT2D eigenvalue weighted by molar-refractivity contribution is -0.384. The minimum Gasteiger partial charge on any atom is -0.352 e. The van der Waals surface area contributed by atoms with Crippen molar-refractivity contribution in [3.05, 3.63) is 98.5 Å². The van der Waals surface area contributed by atoms with Gasteiger partial charge in [0.25, 0.3) is 15.7 Å². The number of nitro groups is 1. The monoisotopic (exact) mass is 606 g/mol. The van der Waals surface area contributed by atoms with E-state index in [4.69, 9.17) is 23.2 Å². The van der Waals surface area contributed by atoms with Gasteiger partial charge in [0.15, 0.2) is 0 Å². The number of nitrogens with zero attached hydrogens (tertiary/aromatic N) is 3. The minimum absolute atomic E-state index is 0.0339. The third-order valence-corrected chi connectivity index (χ3v) is 8.29. The van der Waals surface area contributed by atoms with Gasteiger partial charge in [0.05, 0.1) is 15.5 Å². The molecule has 2 amide bonds. The Bertz CT molecular complexity index is 1480. The molecule has 0 aliphatic rings. The summed E-state index contributed by atoms with van der Waals surface area (Å²) in [5, 5.41) is 14.6. The first-order valence-corrected chi connectivity index (χ1v) is 14.4. The molecule has 3 aromatic rings. The number of non-ortho nitro benzene ring substituents is 1. The summed E-state index contributed by atoms with van der Waals surface area (Å²) in [5.41, 5.74) is 0.285. The molecule has 0 fully saturated rings. The number of amides is 2. The Morgan fingerprint density at radius 1 is 0.975 bits per heavy atom. The van der Waals surface area contributed by atoms with E-state index in [1.54, 1.807) is 32.0 Å². The van der Waals surface area contributed by atoms with Crippen LogP contribution in [0.5, 0.6) is 0 Å². The van der Waals surface area contributed by atoms with E-state index in [9.17, 15) is 28.1 Å². The van der Waals surface area contributed by atoms with Crippen LogP contribution in [0.3, 0.4) is 0 Å². The second kappa shape index (κ2) is 13.1. The zero-order valence-corrected chi connectivity index (χ0v) is 24.3. The molecule has 0 bridgehead atoms. The number of benzene rings is 3. The summed E-state index contributed by atoms with van der Waals surface area (Å²) in [4.78, 5) is 38.5. The van der Waals surface area contributed by atoms with Crippen molar-refractivity contribution < 1.29 is 22.9 Å². The Kier molecular flexibility index (Phi) is 10.1. The summed E-state index contributed by atoms with van der Waals surface area (Å²) in [7, 11) is -4.30. The topological polar surface area (TPSA) is 130 Å². The molecule has 0 spiro atoms. The molecule has 3 rings (SSSR count). The van der Waals surface area contributed by atoms with Crippen molar-refractivity contribution in [2.75, 3.05) is 10.8 Å². The molecule has 0 radical (unpaired) electrons. The van der Waals surface area contributed by atoms with E-state index in [-0.39, 0.29) is 33.9 Å². The van der Waals surface area contributed by atoms with E-state index in [1.807, 2.05) is 0 Å². The summed E-state index contributed by atoms with van der Waals surface area (Å²) < 4.78 is 28.3. The van der Waals surface area contributed by atoms with Crippen molar-refractivity contribution in [2.45, 2.75) is 44.3 Å². The average Bonchev–Trinajstić information content (AvgIpc) is 2.91. The van der Waals surface area contributed by atoms with Crippen LogP contribution in [-0.2, 0) is 26.2 Å². The predicted molar refractivity (Wildman–Crippen MR) is 154 cm³/mol. The largest absolute Gasteiger partial charge is 0.352 e. The van der Waals surface area contributed by atoms with Crippen molar-refractivity contribution >= 4 is 56.4 Å². The maximum Gasteiger partial charge on any atom is 0.269 e. The molecular weight excluding hydrogens is 579 g/mol. The standard InChI is InChI=1S/C27H28Cl2N4O6S/c1-18(2)30-27(35)19(3)31(16-20-9-10-21(28)15-25(20)29)26(34)17-32(22-11-13-23(14-12-22)33(36)37)40(38,39)24-7-5-4-6-8-24/h4-15,18-19H,16-17H2,1-3H3,(H,30,35). The molecule has 0 heterocycles. The maximum absolute atomic E-state index is 13.9. The molecule has 212 valence electrons. The van der Waals surface area contributed by atoms with Gasteiger partial charge in [0.1, 0.15) is 12.6 Å². The minimum atomic E-state index is -4.30. The highest BCUT2D eigenvalue weighted by atomic mass is 35.5. The smallest absolute Gasteiger partial charge is 0.269 e. The van der Waals surface area contributed by atoms with Gasteiger partial charge in [-0.05, 0) is 62.7 Å². The van der Waals surface area contributed by atoms with Gasteiger partial charge in [-0.2, -0.15) is 0 Å².